The Bertz CT molecular complexity index is 445. The van der Waals surface area contributed by atoms with Crippen LogP contribution >= 0.6 is 0 Å². The zero-order valence-corrected chi connectivity index (χ0v) is 13.9. The summed E-state index contributed by atoms with van der Waals surface area (Å²) in [4.78, 5) is 4.72. The predicted molar refractivity (Wildman–Crippen MR) is 85.5 cm³/mol. The molecular formula is C16H30N4O. The summed E-state index contributed by atoms with van der Waals surface area (Å²) in [5, 5.41) is 15.0. The van der Waals surface area contributed by atoms with Crippen LogP contribution in [0.15, 0.2) is 6.07 Å². The average Bonchev–Trinajstić information content (AvgIpc) is 2.85. The summed E-state index contributed by atoms with van der Waals surface area (Å²) in [7, 11) is 4.32. The molecule has 0 amide bonds. The first-order valence-electron chi connectivity index (χ1n) is 8.15. The molecule has 120 valence electrons. The van der Waals surface area contributed by atoms with Gasteiger partial charge in [-0.05, 0) is 39.9 Å². The van der Waals surface area contributed by atoms with Crippen molar-refractivity contribution in [3.63, 3.8) is 0 Å². The Hall–Kier alpha value is -0.910. The summed E-state index contributed by atoms with van der Waals surface area (Å²) in [5.41, 5.74) is 2.28. The van der Waals surface area contributed by atoms with Crippen molar-refractivity contribution in [2.75, 3.05) is 33.7 Å². The van der Waals surface area contributed by atoms with Gasteiger partial charge in [0.2, 0.25) is 0 Å². The smallest absolute Gasteiger partial charge is 0.0624 e. The van der Waals surface area contributed by atoms with E-state index in [1.54, 1.807) is 0 Å². The molecule has 0 saturated carbocycles. The van der Waals surface area contributed by atoms with Gasteiger partial charge in [-0.3, -0.25) is 4.68 Å². The van der Waals surface area contributed by atoms with Gasteiger partial charge in [-0.25, -0.2) is 0 Å². The van der Waals surface area contributed by atoms with Crippen LogP contribution in [-0.2, 0) is 19.4 Å². The summed E-state index contributed by atoms with van der Waals surface area (Å²) in [5.74, 6) is 0. The zero-order chi connectivity index (χ0) is 15.4. The monoisotopic (exact) mass is 294 g/mol. The number of hydrogen-bond acceptors (Lipinski definition) is 4. The molecule has 0 aliphatic carbocycles. The highest BCUT2D eigenvalue weighted by molar-refractivity contribution is 5.11. The Morgan fingerprint density at radius 2 is 2.10 bits per heavy atom. The van der Waals surface area contributed by atoms with Crippen LogP contribution in [0.5, 0.6) is 0 Å². The molecule has 1 aliphatic heterocycles. The third kappa shape index (κ3) is 4.28. The molecule has 0 radical (unpaired) electrons. The van der Waals surface area contributed by atoms with Crippen LogP contribution in [0.1, 0.15) is 31.7 Å². The zero-order valence-electron chi connectivity index (χ0n) is 13.9. The lowest BCUT2D eigenvalue weighted by atomic mass is 10.0. The summed E-state index contributed by atoms with van der Waals surface area (Å²) < 4.78 is 2.03. The number of rotatable bonds is 6. The van der Waals surface area contributed by atoms with Crippen LogP contribution in [0.4, 0.5) is 0 Å². The highest BCUT2D eigenvalue weighted by atomic mass is 16.3. The van der Waals surface area contributed by atoms with Crippen molar-refractivity contribution in [1.82, 2.24) is 19.6 Å². The molecular weight excluding hydrogens is 264 g/mol. The number of piperazine rings is 1. The van der Waals surface area contributed by atoms with Gasteiger partial charge in [-0.2, -0.15) is 5.10 Å². The summed E-state index contributed by atoms with van der Waals surface area (Å²) in [6.07, 6.45) is 2.19. The minimum absolute atomic E-state index is 0.296. The van der Waals surface area contributed by atoms with Crippen molar-refractivity contribution in [2.45, 2.75) is 51.8 Å². The molecule has 0 bridgehead atoms. The minimum atomic E-state index is -0.296. The fourth-order valence-electron chi connectivity index (χ4n) is 3.12. The number of aromatic nitrogens is 2. The molecule has 2 unspecified atom stereocenters. The standard InChI is InChI=1S/C16H30N4O/c1-5-13-9-14(20(6-2)17-13)10-16(21)11-15-12-18(3)7-8-19(15)4/h9,15-16,21H,5-8,10-12H2,1-4H3. The van der Waals surface area contributed by atoms with Gasteiger partial charge >= 0.3 is 0 Å². The van der Waals surface area contributed by atoms with E-state index < -0.39 is 0 Å². The SMILES string of the molecule is CCc1cc(CC(O)CC2CN(C)CCN2C)n(CC)n1. The number of likely N-dealkylation sites (N-methyl/N-ethyl adjacent to an activating group) is 2. The van der Waals surface area contributed by atoms with Gasteiger partial charge in [0.05, 0.1) is 11.8 Å². The molecule has 1 fully saturated rings. The Morgan fingerprint density at radius 1 is 1.33 bits per heavy atom. The highest BCUT2D eigenvalue weighted by Crippen LogP contribution is 2.15. The van der Waals surface area contributed by atoms with Crippen LogP contribution in [-0.4, -0.2) is 70.6 Å². The van der Waals surface area contributed by atoms with E-state index in [1.807, 2.05) is 4.68 Å². The van der Waals surface area contributed by atoms with E-state index in [0.29, 0.717) is 12.5 Å². The Kier molecular flexibility index (Phi) is 5.79. The third-order valence-corrected chi connectivity index (χ3v) is 4.54. The second kappa shape index (κ2) is 7.38. The molecule has 1 saturated heterocycles. The van der Waals surface area contributed by atoms with Gasteiger partial charge in [0.1, 0.15) is 0 Å². The lowest BCUT2D eigenvalue weighted by Gasteiger charge is -2.38. The number of hydrogen-bond donors (Lipinski definition) is 1. The third-order valence-electron chi connectivity index (χ3n) is 4.54. The number of aryl methyl sites for hydroxylation is 2. The molecule has 1 aromatic heterocycles. The van der Waals surface area contributed by atoms with Gasteiger partial charge in [0.25, 0.3) is 0 Å². The van der Waals surface area contributed by atoms with Crippen LogP contribution in [0.3, 0.4) is 0 Å². The molecule has 2 atom stereocenters. The minimum Gasteiger partial charge on any atom is -0.393 e. The summed E-state index contributed by atoms with van der Waals surface area (Å²) >= 11 is 0. The fraction of sp³-hybridized carbons (Fsp3) is 0.812. The van der Waals surface area contributed by atoms with Crippen LogP contribution in [0.25, 0.3) is 0 Å². The van der Waals surface area contributed by atoms with Crippen LogP contribution < -0.4 is 0 Å². The molecule has 0 aromatic carbocycles. The molecule has 5 heteroatoms. The van der Waals surface area contributed by atoms with Crippen LogP contribution in [0, 0.1) is 0 Å². The van der Waals surface area contributed by atoms with Gasteiger partial charge in [0.15, 0.2) is 0 Å². The molecule has 5 nitrogen and oxygen atoms in total. The van der Waals surface area contributed by atoms with Gasteiger partial charge < -0.3 is 14.9 Å². The lowest BCUT2D eigenvalue weighted by molar-refractivity contribution is 0.0631. The predicted octanol–water partition coefficient (Wildman–Crippen LogP) is 1.00. The van der Waals surface area contributed by atoms with Crippen molar-refractivity contribution >= 4 is 0 Å². The highest BCUT2D eigenvalue weighted by Gasteiger charge is 2.25. The molecule has 2 heterocycles. The van der Waals surface area contributed by atoms with E-state index in [4.69, 9.17) is 0 Å². The number of aliphatic hydroxyl groups is 1. The molecule has 1 aliphatic rings. The molecule has 0 spiro atoms. The second-order valence-corrected chi connectivity index (χ2v) is 6.29. The number of aliphatic hydroxyl groups excluding tert-OH is 1. The average molecular weight is 294 g/mol. The van der Waals surface area contributed by atoms with E-state index in [9.17, 15) is 5.11 Å². The summed E-state index contributed by atoms with van der Waals surface area (Å²) in [6, 6.07) is 2.59. The Labute approximate surface area is 128 Å². The Balaban J connectivity index is 1.94. The summed E-state index contributed by atoms with van der Waals surface area (Å²) in [6.45, 7) is 8.34. The van der Waals surface area contributed by atoms with Crippen molar-refractivity contribution < 1.29 is 5.11 Å². The lowest BCUT2D eigenvalue weighted by Crippen LogP contribution is -2.51. The van der Waals surface area contributed by atoms with Crippen LogP contribution in [0.2, 0.25) is 0 Å². The van der Waals surface area contributed by atoms with Gasteiger partial charge in [-0.15, -0.1) is 0 Å². The van der Waals surface area contributed by atoms with E-state index >= 15 is 0 Å². The fourth-order valence-corrected chi connectivity index (χ4v) is 3.12. The van der Waals surface area contributed by atoms with Gasteiger partial charge in [-0.1, -0.05) is 6.92 Å². The largest absolute Gasteiger partial charge is 0.393 e. The first-order chi connectivity index (χ1) is 10.0. The van der Waals surface area contributed by atoms with Crippen molar-refractivity contribution in [3.05, 3.63) is 17.5 Å². The maximum atomic E-state index is 10.5. The maximum Gasteiger partial charge on any atom is 0.0624 e. The molecule has 2 rings (SSSR count). The molecule has 21 heavy (non-hydrogen) atoms. The van der Waals surface area contributed by atoms with E-state index in [-0.39, 0.29) is 6.10 Å². The Morgan fingerprint density at radius 3 is 2.76 bits per heavy atom. The van der Waals surface area contributed by atoms with E-state index in [2.05, 4.69) is 48.9 Å². The normalized spacial score (nSPS) is 22.6. The van der Waals surface area contributed by atoms with Crippen molar-refractivity contribution in [1.29, 1.82) is 0 Å². The first kappa shape index (κ1) is 16.5. The van der Waals surface area contributed by atoms with Crippen molar-refractivity contribution in [3.8, 4) is 0 Å². The quantitative estimate of drug-likeness (QED) is 0.850. The van der Waals surface area contributed by atoms with Gasteiger partial charge in [0, 0.05) is 44.3 Å². The first-order valence-corrected chi connectivity index (χ1v) is 8.15. The van der Waals surface area contributed by atoms with E-state index in [1.165, 1.54) is 0 Å². The second-order valence-electron chi connectivity index (χ2n) is 6.29. The molecule has 1 aromatic rings. The number of nitrogens with zero attached hydrogens (tertiary/aromatic N) is 4. The van der Waals surface area contributed by atoms with E-state index in [0.717, 1.165) is 50.4 Å². The topological polar surface area (TPSA) is 44.5 Å². The van der Waals surface area contributed by atoms with Crippen molar-refractivity contribution in [2.24, 2.45) is 0 Å². The molecule has 1 N–H and O–H groups in total. The maximum absolute atomic E-state index is 10.5.